The molecule has 2 aliphatic rings. The van der Waals surface area contributed by atoms with Crippen molar-refractivity contribution < 1.29 is 9.53 Å². The Kier molecular flexibility index (Phi) is 5.21. The van der Waals surface area contributed by atoms with Gasteiger partial charge in [-0.3, -0.25) is 9.69 Å². The van der Waals surface area contributed by atoms with Crippen molar-refractivity contribution in [1.82, 2.24) is 9.80 Å². The molecule has 0 bridgehead atoms. The van der Waals surface area contributed by atoms with Crippen molar-refractivity contribution in [3.05, 3.63) is 29.8 Å². The third kappa shape index (κ3) is 3.86. The summed E-state index contributed by atoms with van der Waals surface area (Å²) in [7, 11) is 1.70. The van der Waals surface area contributed by atoms with Gasteiger partial charge in [-0.25, -0.2) is 0 Å². The van der Waals surface area contributed by atoms with E-state index in [1.165, 1.54) is 12.0 Å². The minimum absolute atomic E-state index is 0.298. The van der Waals surface area contributed by atoms with E-state index in [-0.39, 0.29) is 0 Å². The summed E-state index contributed by atoms with van der Waals surface area (Å²) in [5.74, 6) is 1.83. The number of piperidine rings is 1. The van der Waals surface area contributed by atoms with Crippen LogP contribution < -0.4 is 4.74 Å². The predicted molar refractivity (Wildman–Crippen MR) is 91.5 cm³/mol. The molecule has 0 unspecified atom stereocenters. The minimum Gasteiger partial charge on any atom is -0.497 e. The van der Waals surface area contributed by atoms with E-state index in [0.717, 1.165) is 44.6 Å². The van der Waals surface area contributed by atoms with Crippen molar-refractivity contribution in [1.29, 1.82) is 0 Å². The first-order valence-electron chi connectivity index (χ1n) is 8.83. The van der Waals surface area contributed by atoms with Gasteiger partial charge in [-0.2, -0.15) is 0 Å². The fraction of sp³-hybridized carbons (Fsp3) is 0.632. The molecule has 0 aliphatic carbocycles. The minimum atomic E-state index is 0.298. The lowest BCUT2D eigenvalue weighted by Crippen LogP contribution is -2.44. The smallest absolute Gasteiger partial charge is 0.236 e. The number of likely N-dealkylation sites (tertiary alicyclic amines) is 2. The van der Waals surface area contributed by atoms with Gasteiger partial charge in [-0.15, -0.1) is 0 Å². The molecular formula is C19H28N2O2. The van der Waals surface area contributed by atoms with Gasteiger partial charge in [0, 0.05) is 19.1 Å². The van der Waals surface area contributed by atoms with Crippen molar-refractivity contribution >= 4 is 5.91 Å². The van der Waals surface area contributed by atoms with Crippen LogP contribution in [-0.2, 0) is 4.79 Å². The molecule has 1 amide bonds. The first kappa shape index (κ1) is 16.3. The Morgan fingerprint density at radius 1 is 1.26 bits per heavy atom. The highest BCUT2D eigenvalue weighted by Gasteiger charge is 2.30. The number of carbonyl (C=O) groups excluding carboxylic acids is 1. The molecule has 0 saturated carbocycles. The summed E-state index contributed by atoms with van der Waals surface area (Å²) in [6.07, 6.45) is 4.68. The monoisotopic (exact) mass is 316 g/mol. The van der Waals surface area contributed by atoms with Crippen molar-refractivity contribution in [2.24, 2.45) is 5.92 Å². The second kappa shape index (κ2) is 7.35. The summed E-state index contributed by atoms with van der Waals surface area (Å²) in [6.45, 7) is 5.66. The molecule has 0 spiro atoms. The molecule has 2 heterocycles. The maximum Gasteiger partial charge on any atom is 0.236 e. The van der Waals surface area contributed by atoms with Crippen molar-refractivity contribution in [3.8, 4) is 5.75 Å². The molecule has 0 aromatic heterocycles. The van der Waals surface area contributed by atoms with Crippen LogP contribution in [-0.4, -0.2) is 49.0 Å². The van der Waals surface area contributed by atoms with Crippen LogP contribution in [0.3, 0.4) is 0 Å². The largest absolute Gasteiger partial charge is 0.497 e. The van der Waals surface area contributed by atoms with Crippen LogP contribution >= 0.6 is 0 Å². The Morgan fingerprint density at radius 3 is 2.87 bits per heavy atom. The standard InChI is InChI=1S/C19H28N2O2/c1-15-6-4-11-21(13-15)19(22)14-20-10-5-9-18(20)16-7-3-8-17(12-16)23-2/h3,7-8,12,15,18H,4-6,9-11,13-14H2,1-2H3/t15-,18-/m1/s1. The number of hydrogen-bond acceptors (Lipinski definition) is 3. The van der Waals surface area contributed by atoms with E-state index in [1.54, 1.807) is 7.11 Å². The van der Waals surface area contributed by atoms with E-state index in [0.29, 0.717) is 24.4 Å². The van der Waals surface area contributed by atoms with Crippen LogP contribution in [0.25, 0.3) is 0 Å². The molecule has 2 saturated heterocycles. The number of rotatable bonds is 4. The Balaban J connectivity index is 1.65. The van der Waals surface area contributed by atoms with Crippen molar-refractivity contribution in [3.63, 3.8) is 0 Å². The van der Waals surface area contributed by atoms with Gasteiger partial charge in [0.2, 0.25) is 5.91 Å². The number of hydrogen-bond donors (Lipinski definition) is 0. The van der Waals surface area contributed by atoms with E-state index >= 15 is 0 Å². The Hall–Kier alpha value is -1.55. The lowest BCUT2D eigenvalue weighted by Gasteiger charge is -2.33. The summed E-state index contributed by atoms with van der Waals surface area (Å²) < 4.78 is 5.34. The number of ether oxygens (including phenoxy) is 1. The average Bonchev–Trinajstić information content (AvgIpc) is 3.03. The van der Waals surface area contributed by atoms with Crippen LogP contribution in [0, 0.1) is 5.92 Å². The Bertz CT molecular complexity index is 546. The zero-order chi connectivity index (χ0) is 16.2. The molecule has 1 aromatic rings. The van der Waals surface area contributed by atoms with E-state index < -0.39 is 0 Å². The van der Waals surface area contributed by atoms with E-state index in [9.17, 15) is 4.79 Å². The normalized spacial score (nSPS) is 25.6. The maximum absolute atomic E-state index is 12.7. The zero-order valence-electron chi connectivity index (χ0n) is 14.3. The molecule has 23 heavy (non-hydrogen) atoms. The highest BCUT2D eigenvalue weighted by Crippen LogP contribution is 2.33. The summed E-state index contributed by atoms with van der Waals surface area (Å²) in [4.78, 5) is 17.1. The van der Waals surface area contributed by atoms with E-state index in [1.807, 2.05) is 12.1 Å². The summed E-state index contributed by atoms with van der Waals surface area (Å²) in [5, 5.41) is 0. The average molecular weight is 316 g/mol. The maximum atomic E-state index is 12.7. The van der Waals surface area contributed by atoms with Crippen LogP contribution in [0.15, 0.2) is 24.3 Å². The number of amides is 1. The summed E-state index contributed by atoms with van der Waals surface area (Å²) in [5.41, 5.74) is 1.27. The van der Waals surface area contributed by atoms with Gasteiger partial charge in [0.25, 0.3) is 0 Å². The van der Waals surface area contributed by atoms with Gasteiger partial charge in [0.15, 0.2) is 0 Å². The van der Waals surface area contributed by atoms with E-state index in [2.05, 4.69) is 28.9 Å². The molecule has 4 nitrogen and oxygen atoms in total. The van der Waals surface area contributed by atoms with Gasteiger partial charge in [0.1, 0.15) is 5.75 Å². The molecule has 126 valence electrons. The Labute approximate surface area is 139 Å². The fourth-order valence-electron chi connectivity index (χ4n) is 3.93. The first-order chi connectivity index (χ1) is 11.2. The van der Waals surface area contributed by atoms with Crippen molar-refractivity contribution in [2.75, 3.05) is 33.3 Å². The molecule has 2 atom stereocenters. The topological polar surface area (TPSA) is 32.8 Å². The molecule has 2 fully saturated rings. The van der Waals surface area contributed by atoms with Crippen molar-refractivity contribution in [2.45, 2.75) is 38.6 Å². The van der Waals surface area contributed by atoms with Gasteiger partial charge in [-0.1, -0.05) is 19.1 Å². The zero-order valence-corrected chi connectivity index (χ0v) is 14.3. The fourth-order valence-corrected chi connectivity index (χ4v) is 3.93. The molecule has 1 aromatic carbocycles. The molecular weight excluding hydrogens is 288 g/mol. The van der Waals surface area contributed by atoms with E-state index in [4.69, 9.17) is 4.74 Å². The highest BCUT2D eigenvalue weighted by molar-refractivity contribution is 5.78. The lowest BCUT2D eigenvalue weighted by molar-refractivity contribution is -0.134. The van der Waals surface area contributed by atoms with Gasteiger partial charge < -0.3 is 9.64 Å². The third-order valence-electron chi connectivity index (χ3n) is 5.19. The van der Waals surface area contributed by atoms with Gasteiger partial charge in [-0.05, 0) is 55.8 Å². The lowest BCUT2D eigenvalue weighted by atomic mass is 10.00. The second-order valence-corrected chi connectivity index (χ2v) is 6.99. The summed E-state index contributed by atoms with van der Waals surface area (Å²) >= 11 is 0. The predicted octanol–water partition coefficient (Wildman–Crippen LogP) is 3.09. The van der Waals surface area contributed by atoms with Crippen LogP contribution in [0.5, 0.6) is 5.75 Å². The molecule has 4 heteroatoms. The number of nitrogens with zero attached hydrogens (tertiary/aromatic N) is 2. The van der Waals surface area contributed by atoms with Crippen LogP contribution in [0.1, 0.15) is 44.2 Å². The second-order valence-electron chi connectivity index (χ2n) is 6.99. The Morgan fingerprint density at radius 2 is 2.09 bits per heavy atom. The van der Waals surface area contributed by atoms with Gasteiger partial charge in [0.05, 0.1) is 13.7 Å². The molecule has 0 N–H and O–H groups in total. The highest BCUT2D eigenvalue weighted by atomic mass is 16.5. The van der Waals surface area contributed by atoms with Crippen LogP contribution in [0.2, 0.25) is 0 Å². The number of methoxy groups -OCH3 is 1. The molecule has 0 radical (unpaired) electrons. The number of benzene rings is 1. The third-order valence-corrected chi connectivity index (χ3v) is 5.19. The number of carbonyl (C=O) groups is 1. The van der Waals surface area contributed by atoms with Crippen LogP contribution in [0.4, 0.5) is 0 Å². The molecule has 3 rings (SSSR count). The first-order valence-corrected chi connectivity index (χ1v) is 8.83. The van der Waals surface area contributed by atoms with Gasteiger partial charge >= 0.3 is 0 Å². The molecule has 2 aliphatic heterocycles. The SMILES string of the molecule is COc1cccc([C@H]2CCCN2CC(=O)N2CCC[C@@H](C)C2)c1. The summed E-state index contributed by atoms with van der Waals surface area (Å²) in [6, 6.07) is 8.62. The quantitative estimate of drug-likeness (QED) is 0.856.